The van der Waals surface area contributed by atoms with Gasteiger partial charge in [-0.25, -0.2) is 4.39 Å². The molecule has 0 saturated carbocycles. The fourth-order valence-electron chi connectivity index (χ4n) is 1.18. The summed E-state index contributed by atoms with van der Waals surface area (Å²) in [6.07, 6.45) is -0.704. The average molecular weight is 147 g/mol. The third-order valence-electron chi connectivity index (χ3n) is 2.01. The standard InChI is InChI=1S/C7H14FNO/c1-9-4-2-6(8)7(10)3-5-9/h6-7,10H,2-5H2,1H3/t6-,7-/m1/s1. The fourth-order valence-corrected chi connectivity index (χ4v) is 1.18. The van der Waals surface area contributed by atoms with Crippen molar-refractivity contribution in [2.75, 3.05) is 20.1 Å². The maximum atomic E-state index is 12.7. The Labute approximate surface area is 60.6 Å². The third kappa shape index (κ3) is 1.92. The summed E-state index contributed by atoms with van der Waals surface area (Å²) >= 11 is 0. The van der Waals surface area contributed by atoms with Crippen molar-refractivity contribution < 1.29 is 9.50 Å². The Kier molecular flexibility index (Phi) is 2.63. The molecule has 2 atom stereocenters. The molecule has 0 unspecified atom stereocenters. The van der Waals surface area contributed by atoms with Gasteiger partial charge in [0.05, 0.1) is 6.10 Å². The summed E-state index contributed by atoms with van der Waals surface area (Å²) < 4.78 is 12.7. The van der Waals surface area contributed by atoms with E-state index in [1.165, 1.54) is 0 Å². The van der Waals surface area contributed by atoms with Gasteiger partial charge in [0.2, 0.25) is 0 Å². The lowest BCUT2D eigenvalue weighted by Gasteiger charge is -2.10. The maximum absolute atomic E-state index is 12.7. The van der Waals surface area contributed by atoms with E-state index in [0.717, 1.165) is 13.1 Å². The van der Waals surface area contributed by atoms with Crippen molar-refractivity contribution in [1.82, 2.24) is 4.90 Å². The van der Waals surface area contributed by atoms with E-state index in [-0.39, 0.29) is 0 Å². The second-order valence-electron chi connectivity index (χ2n) is 2.96. The summed E-state index contributed by atoms with van der Waals surface area (Å²) in [5, 5.41) is 9.07. The van der Waals surface area contributed by atoms with Gasteiger partial charge in [0.1, 0.15) is 6.17 Å². The molecule has 1 heterocycles. The summed E-state index contributed by atoms with van der Waals surface area (Å²) in [7, 11) is 1.95. The van der Waals surface area contributed by atoms with Crippen LogP contribution in [0, 0.1) is 0 Å². The Hall–Kier alpha value is -0.150. The second-order valence-corrected chi connectivity index (χ2v) is 2.96. The number of nitrogens with zero attached hydrogens (tertiary/aromatic N) is 1. The van der Waals surface area contributed by atoms with Crippen LogP contribution in [0.4, 0.5) is 4.39 Å². The third-order valence-corrected chi connectivity index (χ3v) is 2.01. The molecule has 1 aliphatic heterocycles. The summed E-state index contributed by atoms with van der Waals surface area (Å²) in [4.78, 5) is 2.04. The quantitative estimate of drug-likeness (QED) is 0.536. The predicted octanol–water partition coefficient (Wildman–Crippen LogP) is 0.411. The first-order valence-corrected chi connectivity index (χ1v) is 3.71. The predicted molar refractivity (Wildman–Crippen MR) is 37.6 cm³/mol. The largest absolute Gasteiger partial charge is 0.390 e. The van der Waals surface area contributed by atoms with Crippen molar-refractivity contribution >= 4 is 0 Å². The van der Waals surface area contributed by atoms with E-state index < -0.39 is 12.3 Å². The number of likely N-dealkylation sites (tertiary alicyclic amines) is 1. The molecule has 0 aromatic heterocycles. The van der Waals surface area contributed by atoms with Crippen molar-refractivity contribution in [3.05, 3.63) is 0 Å². The molecular formula is C7H14FNO. The van der Waals surface area contributed by atoms with Crippen LogP contribution < -0.4 is 0 Å². The van der Waals surface area contributed by atoms with E-state index in [1.807, 2.05) is 11.9 Å². The van der Waals surface area contributed by atoms with Gasteiger partial charge in [0.15, 0.2) is 0 Å². The molecule has 1 fully saturated rings. The van der Waals surface area contributed by atoms with Crippen LogP contribution in [0.5, 0.6) is 0 Å². The van der Waals surface area contributed by atoms with Crippen LogP contribution in [0.1, 0.15) is 12.8 Å². The first-order chi connectivity index (χ1) is 4.70. The number of alkyl halides is 1. The lowest BCUT2D eigenvalue weighted by atomic mass is 10.1. The smallest absolute Gasteiger partial charge is 0.127 e. The molecule has 60 valence electrons. The van der Waals surface area contributed by atoms with E-state index in [2.05, 4.69) is 0 Å². The van der Waals surface area contributed by atoms with Crippen molar-refractivity contribution in [3.63, 3.8) is 0 Å². The minimum absolute atomic E-state index is 0.470. The molecule has 0 amide bonds. The minimum atomic E-state index is -1.01. The van der Waals surface area contributed by atoms with Crippen molar-refractivity contribution in [1.29, 1.82) is 0 Å². The van der Waals surface area contributed by atoms with Crippen LogP contribution in [0.15, 0.2) is 0 Å². The monoisotopic (exact) mass is 147 g/mol. The summed E-state index contributed by atoms with van der Waals surface area (Å²) in [5.41, 5.74) is 0. The highest BCUT2D eigenvalue weighted by Crippen LogP contribution is 2.12. The zero-order chi connectivity index (χ0) is 7.56. The molecule has 1 N–H and O–H groups in total. The Morgan fingerprint density at radius 2 is 2.00 bits per heavy atom. The molecule has 0 radical (unpaired) electrons. The zero-order valence-corrected chi connectivity index (χ0v) is 6.26. The minimum Gasteiger partial charge on any atom is -0.390 e. The molecule has 3 heteroatoms. The van der Waals surface area contributed by atoms with Crippen LogP contribution in [-0.4, -0.2) is 42.4 Å². The van der Waals surface area contributed by atoms with E-state index in [0.29, 0.717) is 12.8 Å². The molecule has 2 nitrogen and oxygen atoms in total. The van der Waals surface area contributed by atoms with Crippen LogP contribution in [0.25, 0.3) is 0 Å². The molecule has 0 aliphatic carbocycles. The Morgan fingerprint density at radius 1 is 1.40 bits per heavy atom. The summed E-state index contributed by atoms with van der Waals surface area (Å²) in [6, 6.07) is 0. The molecular weight excluding hydrogens is 133 g/mol. The number of rotatable bonds is 0. The molecule has 10 heavy (non-hydrogen) atoms. The fraction of sp³-hybridized carbons (Fsp3) is 1.00. The summed E-state index contributed by atoms with van der Waals surface area (Å²) in [6.45, 7) is 1.57. The number of aliphatic hydroxyl groups excluding tert-OH is 1. The zero-order valence-electron chi connectivity index (χ0n) is 6.26. The topological polar surface area (TPSA) is 23.5 Å². The lowest BCUT2D eigenvalue weighted by molar-refractivity contribution is 0.0756. The maximum Gasteiger partial charge on any atom is 0.127 e. The molecule has 0 aromatic rings. The van der Waals surface area contributed by atoms with Gasteiger partial charge in [0, 0.05) is 13.1 Å². The first-order valence-electron chi connectivity index (χ1n) is 3.71. The molecule has 1 rings (SSSR count). The number of aliphatic hydroxyl groups is 1. The number of halogens is 1. The van der Waals surface area contributed by atoms with Gasteiger partial charge in [-0.05, 0) is 19.9 Å². The number of hydrogen-bond donors (Lipinski definition) is 1. The molecule has 0 aromatic carbocycles. The number of hydrogen-bond acceptors (Lipinski definition) is 2. The van der Waals surface area contributed by atoms with Gasteiger partial charge in [-0.2, -0.15) is 0 Å². The van der Waals surface area contributed by atoms with Gasteiger partial charge >= 0.3 is 0 Å². The van der Waals surface area contributed by atoms with Gasteiger partial charge in [0.25, 0.3) is 0 Å². The van der Waals surface area contributed by atoms with Crippen LogP contribution in [-0.2, 0) is 0 Å². The molecule has 0 spiro atoms. The highest BCUT2D eigenvalue weighted by Gasteiger charge is 2.22. The van der Waals surface area contributed by atoms with Crippen LogP contribution in [0.3, 0.4) is 0 Å². The van der Waals surface area contributed by atoms with Gasteiger partial charge in [-0.15, -0.1) is 0 Å². The highest BCUT2D eigenvalue weighted by molar-refractivity contribution is 4.74. The Morgan fingerprint density at radius 3 is 2.70 bits per heavy atom. The van der Waals surface area contributed by atoms with Gasteiger partial charge < -0.3 is 10.0 Å². The Balaban J connectivity index is 2.38. The van der Waals surface area contributed by atoms with E-state index in [9.17, 15) is 4.39 Å². The molecule has 1 saturated heterocycles. The second kappa shape index (κ2) is 3.30. The highest BCUT2D eigenvalue weighted by atomic mass is 19.1. The lowest BCUT2D eigenvalue weighted by Crippen LogP contribution is -2.20. The van der Waals surface area contributed by atoms with E-state index >= 15 is 0 Å². The molecule has 0 bridgehead atoms. The van der Waals surface area contributed by atoms with E-state index in [1.54, 1.807) is 0 Å². The summed E-state index contributed by atoms with van der Waals surface area (Å²) in [5.74, 6) is 0. The van der Waals surface area contributed by atoms with E-state index in [4.69, 9.17) is 5.11 Å². The Bertz CT molecular complexity index is 97.8. The average Bonchev–Trinajstić information content (AvgIpc) is 2.04. The van der Waals surface area contributed by atoms with Crippen LogP contribution in [0.2, 0.25) is 0 Å². The SMILES string of the molecule is CN1CC[C@@H](O)[C@H](F)CC1. The van der Waals surface area contributed by atoms with Gasteiger partial charge in [-0.3, -0.25) is 0 Å². The molecule has 1 aliphatic rings. The van der Waals surface area contributed by atoms with Crippen LogP contribution >= 0.6 is 0 Å². The van der Waals surface area contributed by atoms with Crippen molar-refractivity contribution in [2.24, 2.45) is 0 Å². The van der Waals surface area contributed by atoms with Crippen molar-refractivity contribution in [2.45, 2.75) is 25.1 Å². The normalized spacial score (nSPS) is 37.5. The van der Waals surface area contributed by atoms with Crippen molar-refractivity contribution in [3.8, 4) is 0 Å². The first kappa shape index (κ1) is 7.95. The van der Waals surface area contributed by atoms with Gasteiger partial charge in [-0.1, -0.05) is 0 Å².